The Morgan fingerprint density at radius 1 is 0.339 bits per heavy atom. The molecule has 0 rings (SSSR count). The van der Waals surface area contributed by atoms with Crippen LogP contribution in [0.15, 0.2) is 72.9 Å². The lowest BCUT2D eigenvalue weighted by Gasteiger charge is -2.18. The number of carbonyl (C=O) groups is 3. The van der Waals surface area contributed by atoms with Gasteiger partial charge >= 0.3 is 17.9 Å². The molecule has 0 aliphatic rings. The molecule has 0 saturated heterocycles. The molecule has 0 heterocycles. The number of rotatable bonds is 46. The molecule has 0 aromatic heterocycles. The van der Waals surface area contributed by atoms with Gasteiger partial charge in [0.05, 0.1) is 0 Å². The van der Waals surface area contributed by atoms with E-state index in [1.165, 1.54) is 83.5 Å². The minimum Gasteiger partial charge on any atom is -0.462 e. The predicted molar refractivity (Wildman–Crippen MR) is 265 cm³/mol. The highest BCUT2D eigenvalue weighted by Gasteiger charge is 2.19. The van der Waals surface area contributed by atoms with Crippen LogP contribution in [-0.4, -0.2) is 37.2 Å². The van der Waals surface area contributed by atoms with Crippen LogP contribution in [0, 0.1) is 0 Å². The van der Waals surface area contributed by atoms with E-state index in [9.17, 15) is 14.4 Å². The largest absolute Gasteiger partial charge is 0.462 e. The highest BCUT2D eigenvalue weighted by Crippen LogP contribution is 2.13. The van der Waals surface area contributed by atoms with Crippen molar-refractivity contribution in [2.24, 2.45) is 0 Å². The summed E-state index contributed by atoms with van der Waals surface area (Å²) in [5.41, 5.74) is 0. The first-order valence-electron chi connectivity index (χ1n) is 25.9. The van der Waals surface area contributed by atoms with Gasteiger partial charge in [-0.3, -0.25) is 14.4 Å². The maximum Gasteiger partial charge on any atom is 0.306 e. The summed E-state index contributed by atoms with van der Waals surface area (Å²) in [5, 5.41) is 0. The average Bonchev–Trinajstić information content (AvgIpc) is 3.27. The van der Waals surface area contributed by atoms with Crippen LogP contribution in [0.4, 0.5) is 0 Å². The Morgan fingerprint density at radius 3 is 1.00 bits per heavy atom. The van der Waals surface area contributed by atoms with Crippen molar-refractivity contribution in [3.05, 3.63) is 72.9 Å². The standard InChI is InChI=1S/C56H96O6/c1-4-7-10-13-16-19-22-25-27-29-31-34-37-40-43-46-49-55(58)61-52-53(51-60-54(57)48-45-42-39-36-33-30-24-21-18-15-12-9-6-3)62-56(59)50-47-44-41-38-35-32-28-26-23-20-17-14-11-8-5-2/h8,11,17,19-22,24,26-29,53H,4-7,9-10,12-16,18,23,25,30-52H2,1-3H3/b11-8-,20-17-,22-19-,24-21-,28-26-,29-27-. The van der Waals surface area contributed by atoms with Crippen molar-refractivity contribution >= 4 is 17.9 Å². The molecular formula is C56H96O6. The summed E-state index contributed by atoms with van der Waals surface area (Å²) in [4.78, 5) is 38.0. The number of esters is 3. The first-order chi connectivity index (χ1) is 30.5. The molecule has 0 aromatic carbocycles. The van der Waals surface area contributed by atoms with Gasteiger partial charge in [0.2, 0.25) is 0 Å². The van der Waals surface area contributed by atoms with Crippen LogP contribution in [0.5, 0.6) is 0 Å². The van der Waals surface area contributed by atoms with Gasteiger partial charge in [0.15, 0.2) is 6.10 Å². The molecule has 0 radical (unpaired) electrons. The average molecular weight is 865 g/mol. The lowest BCUT2D eigenvalue weighted by Crippen LogP contribution is -2.30. The molecule has 356 valence electrons. The third-order valence-corrected chi connectivity index (χ3v) is 10.9. The highest BCUT2D eigenvalue weighted by atomic mass is 16.6. The van der Waals surface area contributed by atoms with Gasteiger partial charge in [-0.25, -0.2) is 0 Å². The van der Waals surface area contributed by atoms with Gasteiger partial charge in [0.1, 0.15) is 13.2 Å². The second-order valence-electron chi connectivity index (χ2n) is 17.0. The molecule has 0 spiro atoms. The van der Waals surface area contributed by atoms with Gasteiger partial charge in [0, 0.05) is 19.3 Å². The third kappa shape index (κ3) is 47.9. The summed E-state index contributed by atoms with van der Waals surface area (Å²) in [6.07, 6.45) is 63.1. The molecule has 6 nitrogen and oxygen atoms in total. The quantitative estimate of drug-likeness (QED) is 0.0262. The number of hydrogen-bond donors (Lipinski definition) is 0. The lowest BCUT2D eigenvalue weighted by atomic mass is 10.1. The second kappa shape index (κ2) is 50.5. The summed E-state index contributed by atoms with van der Waals surface area (Å²) >= 11 is 0. The zero-order valence-corrected chi connectivity index (χ0v) is 40.6. The Bertz CT molecular complexity index is 1180. The minimum atomic E-state index is -0.793. The molecule has 0 aromatic rings. The van der Waals surface area contributed by atoms with Gasteiger partial charge in [-0.15, -0.1) is 0 Å². The molecule has 0 bridgehead atoms. The van der Waals surface area contributed by atoms with E-state index in [0.717, 1.165) is 122 Å². The third-order valence-electron chi connectivity index (χ3n) is 10.9. The maximum atomic E-state index is 12.8. The summed E-state index contributed by atoms with van der Waals surface area (Å²) < 4.78 is 16.8. The van der Waals surface area contributed by atoms with E-state index >= 15 is 0 Å². The topological polar surface area (TPSA) is 78.9 Å². The van der Waals surface area contributed by atoms with Gasteiger partial charge in [0.25, 0.3) is 0 Å². The molecule has 0 amide bonds. The second-order valence-corrected chi connectivity index (χ2v) is 17.0. The lowest BCUT2D eigenvalue weighted by molar-refractivity contribution is -0.167. The van der Waals surface area contributed by atoms with Gasteiger partial charge in [-0.2, -0.15) is 0 Å². The molecule has 0 saturated carbocycles. The molecule has 0 N–H and O–H groups in total. The SMILES string of the molecule is CC/C=C\C/C=C\C/C=C\CCCCCCCC(=O)OC(COC(=O)CCCCCCC/C=C\C/C=C\CCCCCC)COC(=O)CCCCCCC/C=C\CCCCCC. The van der Waals surface area contributed by atoms with Crippen LogP contribution in [0.1, 0.15) is 245 Å². The first kappa shape index (κ1) is 58.9. The Balaban J connectivity index is 4.45. The number of ether oxygens (including phenoxy) is 3. The fourth-order valence-electron chi connectivity index (χ4n) is 7.01. The van der Waals surface area contributed by atoms with E-state index in [-0.39, 0.29) is 31.1 Å². The molecular weight excluding hydrogens is 769 g/mol. The van der Waals surface area contributed by atoms with Crippen LogP contribution in [-0.2, 0) is 28.6 Å². The van der Waals surface area contributed by atoms with Crippen molar-refractivity contribution in [2.45, 2.75) is 252 Å². The van der Waals surface area contributed by atoms with E-state index in [0.29, 0.717) is 19.3 Å². The Hall–Kier alpha value is -3.15. The molecule has 0 fully saturated rings. The van der Waals surface area contributed by atoms with Crippen molar-refractivity contribution in [1.82, 2.24) is 0 Å². The fraction of sp³-hybridized carbons (Fsp3) is 0.732. The van der Waals surface area contributed by atoms with Gasteiger partial charge in [-0.1, -0.05) is 190 Å². The predicted octanol–water partition coefficient (Wildman–Crippen LogP) is 17.0. The van der Waals surface area contributed by atoms with E-state index in [1.807, 2.05) is 0 Å². The van der Waals surface area contributed by atoms with E-state index in [2.05, 4.69) is 93.7 Å². The normalized spacial score (nSPS) is 12.6. The highest BCUT2D eigenvalue weighted by molar-refractivity contribution is 5.71. The smallest absolute Gasteiger partial charge is 0.306 e. The molecule has 0 aliphatic carbocycles. The zero-order valence-electron chi connectivity index (χ0n) is 40.6. The van der Waals surface area contributed by atoms with E-state index in [4.69, 9.17) is 14.2 Å². The van der Waals surface area contributed by atoms with Crippen molar-refractivity contribution in [2.75, 3.05) is 13.2 Å². The van der Waals surface area contributed by atoms with Gasteiger partial charge < -0.3 is 14.2 Å². The Morgan fingerprint density at radius 2 is 0.629 bits per heavy atom. The van der Waals surface area contributed by atoms with Crippen molar-refractivity contribution in [3.8, 4) is 0 Å². The monoisotopic (exact) mass is 865 g/mol. The van der Waals surface area contributed by atoms with Crippen LogP contribution < -0.4 is 0 Å². The number of carbonyl (C=O) groups excluding carboxylic acids is 3. The van der Waals surface area contributed by atoms with E-state index < -0.39 is 6.10 Å². The van der Waals surface area contributed by atoms with Crippen LogP contribution in [0.25, 0.3) is 0 Å². The van der Waals surface area contributed by atoms with Gasteiger partial charge in [-0.05, 0) is 109 Å². The minimum absolute atomic E-state index is 0.0916. The molecule has 1 atom stereocenters. The number of hydrogen-bond acceptors (Lipinski definition) is 6. The van der Waals surface area contributed by atoms with Crippen molar-refractivity contribution < 1.29 is 28.6 Å². The van der Waals surface area contributed by atoms with Crippen LogP contribution in [0.2, 0.25) is 0 Å². The number of unbranched alkanes of at least 4 members (excludes halogenated alkanes) is 23. The molecule has 62 heavy (non-hydrogen) atoms. The molecule has 6 heteroatoms. The zero-order chi connectivity index (χ0) is 45.1. The first-order valence-corrected chi connectivity index (χ1v) is 25.9. The Labute approximate surface area is 382 Å². The van der Waals surface area contributed by atoms with Crippen molar-refractivity contribution in [1.29, 1.82) is 0 Å². The summed E-state index contributed by atoms with van der Waals surface area (Å²) in [6.45, 7) is 6.46. The number of allylic oxidation sites excluding steroid dienone is 12. The maximum absolute atomic E-state index is 12.8. The van der Waals surface area contributed by atoms with Crippen LogP contribution in [0.3, 0.4) is 0 Å². The van der Waals surface area contributed by atoms with Crippen LogP contribution >= 0.6 is 0 Å². The summed E-state index contributed by atoms with van der Waals surface area (Å²) in [6, 6.07) is 0. The summed E-state index contributed by atoms with van der Waals surface area (Å²) in [5.74, 6) is -0.930. The summed E-state index contributed by atoms with van der Waals surface area (Å²) in [7, 11) is 0. The molecule has 1 unspecified atom stereocenters. The fourth-order valence-corrected chi connectivity index (χ4v) is 7.01. The Kier molecular flexibility index (Phi) is 47.9. The van der Waals surface area contributed by atoms with Crippen molar-refractivity contribution in [3.63, 3.8) is 0 Å². The van der Waals surface area contributed by atoms with E-state index in [1.54, 1.807) is 0 Å². The molecule has 0 aliphatic heterocycles.